The summed E-state index contributed by atoms with van der Waals surface area (Å²) in [5.41, 5.74) is 1.13. The minimum absolute atomic E-state index is 0.474. The van der Waals surface area contributed by atoms with Gasteiger partial charge in [0.1, 0.15) is 0 Å². The van der Waals surface area contributed by atoms with E-state index >= 15 is 0 Å². The first-order valence-corrected chi connectivity index (χ1v) is 9.21. The highest BCUT2D eigenvalue weighted by molar-refractivity contribution is 5.39. The van der Waals surface area contributed by atoms with E-state index in [0.29, 0.717) is 6.04 Å². The minimum atomic E-state index is 0.474. The Morgan fingerprint density at radius 3 is 2.68 bits per heavy atom. The molecule has 0 bridgehead atoms. The Bertz CT molecular complexity index is 655. The SMILES string of the molecule is c1cnnc(N2CCCC2CNCc2cnc(N3CCCC3)nc2)c1. The molecular formula is C18H25N7. The van der Waals surface area contributed by atoms with Crippen LogP contribution in [0.1, 0.15) is 31.2 Å². The molecule has 2 aromatic heterocycles. The molecule has 0 amide bonds. The van der Waals surface area contributed by atoms with Gasteiger partial charge >= 0.3 is 0 Å². The summed E-state index contributed by atoms with van der Waals surface area (Å²) in [7, 11) is 0. The van der Waals surface area contributed by atoms with Crippen LogP contribution in [0.15, 0.2) is 30.7 Å². The Morgan fingerprint density at radius 2 is 1.92 bits per heavy atom. The fraction of sp³-hybridized carbons (Fsp3) is 0.556. The fourth-order valence-electron chi connectivity index (χ4n) is 3.70. The van der Waals surface area contributed by atoms with Gasteiger partial charge in [-0.25, -0.2) is 9.97 Å². The normalized spacial score (nSPS) is 20.4. The molecule has 0 aromatic carbocycles. The van der Waals surface area contributed by atoms with Gasteiger partial charge in [-0.1, -0.05) is 0 Å². The van der Waals surface area contributed by atoms with Crippen molar-refractivity contribution in [3.05, 3.63) is 36.3 Å². The van der Waals surface area contributed by atoms with Crippen LogP contribution in [0.2, 0.25) is 0 Å². The standard InChI is InChI=1S/C18H25N7/c1-2-9-24(8-1)18-20-12-15(13-21-18)11-19-14-16-5-4-10-25(16)17-6-3-7-22-23-17/h3,6-7,12-13,16,19H,1-2,4-5,8-11,14H2. The van der Waals surface area contributed by atoms with Crippen molar-refractivity contribution in [1.29, 1.82) is 0 Å². The first-order valence-electron chi connectivity index (χ1n) is 9.21. The zero-order chi connectivity index (χ0) is 16.9. The van der Waals surface area contributed by atoms with Crippen LogP contribution in [0.5, 0.6) is 0 Å². The van der Waals surface area contributed by atoms with Crippen LogP contribution in [-0.2, 0) is 6.54 Å². The van der Waals surface area contributed by atoms with Crippen molar-refractivity contribution in [2.24, 2.45) is 0 Å². The minimum Gasteiger partial charge on any atom is -0.351 e. The lowest BCUT2D eigenvalue weighted by atomic mass is 10.2. The smallest absolute Gasteiger partial charge is 0.225 e. The number of nitrogens with one attached hydrogen (secondary N) is 1. The molecule has 25 heavy (non-hydrogen) atoms. The van der Waals surface area contributed by atoms with Gasteiger partial charge in [-0.3, -0.25) is 0 Å². The van der Waals surface area contributed by atoms with Crippen LogP contribution >= 0.6 is 0 Å². The molecule has 7 nitrogen and oxygen atoms in total. The van der Waals surface area contributed by atoms with Gasteiger partial charge in [0.25, 0.3) is 0 Å². The van der Waals surface area contributed by atoms with Gasteiger partial charge in [-0.05, 0) is 37.8 Å². The van der Waals surface area contributed by atoms with E-state index in [9.17, 15) is 0 Å². The van der Waals surface area contributed by atoms with Gasteiger partial charge in [-0.15, -0.1) is 5.10 Å². The Hall–Kier alpha value is -2.28. The van der Waals surface area contributed by atoms with Gasteiger partial charge in [0, 0.05) is 62.9 Å². The third kappa shape index (κ3) is 3.87. The molecule has 132 valence electrons. The Balaban J connectivity index is 1.28. The van der Waals surface area contributed by atoms with Crippen LogP contribution in [0, 0.1) is 0 Å². The molecule has 4 heterocycles. The Labute approximate surface area is 148 Å². The molecule has 0 saturated carbocycles. The van der Waals surface area contributed by atoms with Gasteiger partial charge < -0.3 is 15.1 Å². The van der Waals surface area contributed by atoms with Crippen molar-refractivity contribution in [3.63, 3.8) is 0 Å². The summed E-state index contributed by atoms with van der Waals surface area (Å²) in [6.07, 6.45) is 10.5. The number of hydrogen-bond acceptors (Lipinski definition) is 7. The second-order valence-electron chi connectivity index (χ2n) is 6.79. The lowest BCUT2D eigenvalue weighted by Gasteiger charge is -2.25. The number of anilines is 2. The first-order chi connectivity index (χ1) is 12.4. The van der Waals surface area contributed by atoms with E-state index < -0.39 is 0 Å². The molecule has 7 heteroatoms. The van der Waals surface area contributed by atoms with Crippen LogP contribution in [0.4, 0.5) is 11.8 Å². The first kappa shape index (κ1) is 16.2. The van der Waals surface area contributed by atoms with E-state index in [4.69, 9.17) is 0 Å². The molecule has 1 unspecified atom stereocenters. The summed E-state index contributed by atoms with van der Waals surface area (Å²) in [5.74, 6) is 1.84. The van der Waals surface area contributed by atoms with E-state index in [1.165, 1.54) is 25.7 Å². The number of nitrogens with zero attached hydrogens (tertiary/aromatic N) is 6. The molecule has 2 aliphatic heterocycles. The van der Waals surface area contributed by atoms with Crippen molar-refractivity contribution < 1.29 is 0 Å². The fourth-order valence-corrected chi connectivity index (χ4v) is 3.70. The lowest BCUT2D eigenvalue weighted by molar-refractivity contribution is 0.568. The average molecular weight is 339 g/mol. The molecular weight excluding hydrogens is 314 g/mol. The molecule has 0 aliphatic carbocycles. The van der Waals surface area contributed by atoms with Crippen molar-refractivity contribution in [3.8, 4) is 0 Å². The number of aromatic nitrogens is 4. The maximum absolute atomic E-state index is 4.52. The van der Waals surface area contributed by atoms with E-state index in [2.05, 4.69) is 35.3 Å². The maximum Gasteiger partial charge on any atom is 0.225 e. The van der Waals surface area contributed by atoms with E-state index in [1.54, 1.807) is 6.20 Å². The average Bonchev–Trinajstić information content (AvgIpc) is 3.35. The molecule has 2 saturated heterocycles. The molecule has 2 fully saturated rings. The summed E-state index contributed by atoms with van der Waals surface area (Å²) < 4.78 is 0. The zero-order valence-electron chi connectivity index (χ0n) is 14.5. The highest BCUT2D eigenvalue weighted by Gasteiger charge is 2.25. The number of hydrogen-bond donors (Lipinski definition) is 1. The topological polar surface area (TPSA) is 70.1 Å². The second kappa shape index (κ2) is 7.74. The number of rotatable bonds is 6. The maximum atomic E-state index is 4.52. The van der Waals surface area contributed by atoms with Gasteiger partial charge in [0.15, 0.2) is 5.82 Å². The zero-order valence-corrected chi connectivity index (χ0v) is 14.5. The summed E-state index contributed by atoms with van der Waals surface area (Å²) in [4.78, 5) is 13.7. The monoisotopic (exact) mass is 339 g/mol. The molecule has 0 radical (unpaired) electrons. The van der Waals surface area contributed by atoms with Crippen LogP contribution in [0.3, 0.4) is 0 Å². The summed E-state index contributed by atoms with van der Waals surface area (Å²) in [6.45, 7) is 4.95. The quantitative estimate of drug-likeness (QED) is 0.857. The van der Waals surface area contributed by atoms with E-state index in [-0.39, 0.29) is 0 Å². The van der Waals surface area contributed by atoms with E-state index in [0.717, 1.165) is 50.1 Å². The van der Waals surface area contributed by atoms with Gasteiger partial charge in [0.2, 0.25) is 5.95 Å². The second-order valence-corrected chi connectivity index (χ2v) is 6.79. The van der Waals surface area contributed by atoms with Gasteiger partial charge in [0.05, 0.1) is 0 Å². The van der Waals surface area contributed by atoms with Crippen molar-refractivity contribution in [2.75, 3.05) is 36.0 Å². The summed E-state index contributed by atoms with van der Waals surface area (Å²) in [6, 6.07) is 4.46. The van der Waals surface area contributed by atoms with Crippen molar-refractivity contribution >= 4 is 11.8 Å². The molecule has 2 aromatic rings. The van der Waals surface area contributed by atoms with Crippen LogP contribution < -0.4 is 15.1 Å². The molecule has 2 aliphatic rings. The predicted molar refractivity (Wildman–Crippen MR) is 97.6 cm³/mol. The molecule has 1 N–H and O–H groups in total. The largest absolute Gasteiger partial charge is 0.351 e. The molecule has 4 rings (SSSR count). The lowest BCUT2D eigenvalue weighted by Crippen LogP contribution is -2.38. The summed E-state index contributed by atoms with van der Waals surface area (Å²) >= 11 is 0. The highest BCUT2D eigenvalue weighted by atomic mass is 15.3. The Kier molecular flexibility index (Phi) is 5.01. The van der Waals surface area contributed by atoms with Crippen molar-refractivity contribution in [1.82, 2.24) is 25.5 Å². The Morgan fingerprint density at radius 1 is 1.08 bits per heavy atom. The predicted octanol–water partition coefficient (Wildman–Crippen LogP) is 1.63. The van der Waals surface area contributed by atoms with Crippen LogP contribution in [-0.4, -0.2) is 52.4 Å². The molecule has 0 spiro atoms. The third-order valence-electron chi connectivity index (χ3n) is 5.02. The van der Waals surface area contributed by atoms with Crippen LogP contribution in [0.25, 0.3) is 0 Å². The molecule has 1 atom stereocenters. The summed E-state index contributed by atoms with van der Waals surface area (Å²) in [5, 5.41) is 11.8. The van der Waals surface area contributed by atoms with E-state index in [1.807, 2.05) is 24.5 Å². The van der Waals surface area contributed by atoms with Gasteiger partial charge in [-0.2, -0.15) is 5.10 Å². The third-order valence-corrected chi connectivity index (χ3v) is 5.02. The highest BCUT2D eigenvalue weighted by Crippen LogP contribution is 2.22. The van der Waals surface area contributed by atoms with Crippen molar-refractivity contribution in [2.45, 2.75) is 38.3 Å².